The number of benzene rings is 2. The number of rotatable bonds is 5. The molecular weight excluding hydrogens is 324 g/mol. The van der Waals surface area contributed by atoms with Gasteiger partial charge in [0.1, 0.15) is 0 Å². The van der Waals surface area contributed by atoms with Gasteiger partial charge >= 0.3 is 12.0 Å². The first-order valence-corrected chi connectivity index (χ1v) is 8.62. The number of nitrogens with one attached hydrogen (secondary N) is 2. The van der Waals surface area contributed by atoms with Gasteiger partial charge in [-0.05, 0) is 54.6 Å². The van der Waals surface area contributed by atoms with Crippen LogP contribution in [0, 0.1) is 6.92 Å². The molecule has 0 aliphatic rings. The van der Waals surface area contributed by atoms with E-state index in [0.29, 0.717) is 17.8 Å². The summed E-state index contributed by atoms with van der Waals surface area (Å²) in [4.78, 5) is 24.7. The van der Waals surface area contributed by atoms with Crippen molar-refractivity contribution < 1.29 is 14.3 Å². The molecule has 0 aliphatic carbocycles. The molecule has 0 radical (unpaired) electrons. The second-order valence-electron chi connectivity index (χ2n) is 5.18. The van der Waals surface area contributed by atoms with Crippen LogP contribution in [0.4, 0.5) is 10.5 Å². The molecule has 0 bridgehead atoms. The van der Waals surface area contributed by atoms with Gasteiger partial charge in [-0.25, -0.2) is 9.59 Å². The number of amides is 2. The Morgan fingerprint density at radius 1 is 1.12 bits per heavy atom. The van der Waals surface area contributed by atoms with Gasteiger partial charge in [-0.1, -0.05) is 12.1 Å². The molecule has 0 unspecified atom stereocenters. The quantitative estimate of drug-likeness (QED) is 0.639. The normalized spacial score (nSPS) is 10.1. The van der Waals surface area contributed by atoms with Gasteiger partial charge in [-0.15, -0.1) is 11.8 Å². The number of urea groups is 1. The van der Waals surface area contributed by atoms with E-state index in [0.717, 1.165) is 11.1 Å². The fourth-order valence-electron chi connectivity index (χ4n) is 2.18. The van der Waals surface area contributed by atoms with Gasteiger partial charge in [-0.3, -0.25) is 0 Å². The Morgan fingerprint density at radius 2 is 1.83 bits per heavy atom. The van der Waals surface area contributed by atoms with E-state index >= 15 is 0 Å². The highest BCUT2D eigenvalue weighted by atomic mass is 32.2. The third kappa shape index (κ3) is 4.76. The summed E-state index contributed by atoms with van der Waals surface area (Å²) in [6, 6.07) is 12.8. The van der Waals surface area contributed by atoms with Crippen LogP contribution in [0.25, 0.3) is 0 Å². The van der Waals surface area contributed by atoms with Crippen LogP contribution in [-0.4, -0.2) is 25.4 Å². The van der Waals surface area contributed by atoms with Crippen LogP contribution in [-0.2, 0) is 11.3 Å². The molecule has 0 aromatic heterocycles. The molecular formula is C18H20N2O3S. The minimum absolute atomic E-state index is 0.297. The molecule has 24 heavy (non-hydrogen) atoms. The Hall–Kier alpha value is -2.47. The lowest BCUT2D eigenvalue weighted by atomic mass is 10.1. The number of esters is 1. The van der Waals surface area contributed by atoms with Crippen LogP contribution >= 0.6 is 11.8 Å². The molecule has 0 atom stereocenters. The van der Waals surface area contributed by atoms with Crippen LogP contribution in [0.5, 0.6) is 0 Å². The van der Waals surface area contributed by atoms with E-state index in [1.807, 2.05) is 30.5 Å². The molecule has 5 nitrogen and oxygen atoms in total. The molecule has 0 aliphatic heterocycles. The van der Waals surface area contributed by atoms with Crippen LogP contribution in [0.2, 0.25) is 0 Å². The lowest BCUT2D eigenvalue weighted by Gasteiger charge is -2.10. The summed E-state index contributed by atoms with van der Waals surface area (Å²) in [6.45, 7) is 2.24. The van der Waals surface area contributed by atoms with Crippen molar-refractivity contribution in [1.29, 1.82) is 0 Å². The zero-order valence-electron chi connectivity index (χ0n) is 13.9. The topological polar surface area (TPSA) is 67.4 Å². The van der Waals surface area contributed by atoms with Gasteiger partial charge in [0.2, 0.25) is 0 Å². The smallest absolute Gasteiger partial charge is 0.338 e. The lowest BCUT2D eigenvalue weighted by Crippen LogP contribution is -2.28. The average Bonchev–Trinajstić information content (AvgIpc) is 2.60. The number of carbonyl (C=O) groups excluding carboxylic acids is 2. The van der Waals surface area contributed by atoms with Crippen molar-refractivity contribution in [2.75, 3.05) is 18.7 Å². The monoisotopic (exact) mass is 344 g/mol. The van der Waals surface area contributed by atoms with Gasteiger partial charge in [0.15, 0.2) is 0 Å². The van der Waals surface area contributed by atoms with E-state index in [9.17, 15) is 9.59 Å². The van der Waals surface area contributed by atoms with Crippen molar-refractivity contribution in [2.45, 2.75) is 18.4 Å². The van der Waals surface area contributed by atoms with Crippen molar-refractivity contribution in [3.05, 3.63) is 59.2 Å². The number of methoxy groups -OCH3 is 1. The highest BCUT2D eigenvalue weighted by Gasteiger charge is 2.10. The van der Waals surface area contributed by atoms with Crippen molar-refractivity contribution in [2.24, 2.45) is 0 Å². The highest BCUT2D eigenvalue weighted by molar-refractivity contribution is 7.98. The number of thioether (sulfide) groups is 1. The first kappa shape index (κ1) is 17.9. The number of hydrogen-bond donors (Lipinski definition) is 2. The van der Waals surface area contributed by atoms with E-state index in [1.54, 1.807) is 36.9 Å². The molecule has 2 rings (SSSR count). The van der Waals surface area contributed by atoms with Gasteiger partial charge in [0, 0.05) is 17.1 Å². The van der Waals surface area contributed by atoms with Crippen LogP contribution < -0.4 is 10.6 Å². The summed E-state index contributed by atoms with van der Waals surface area (Å²) >= 11 is 1.68. The Balaban J connectivity index is 1.92. The summed E-state index contributed by atoms with van der Waals surface area (Å²) in [5, 5.41) is 5.56. The zero-order chi connectivity index (χ0) is 17.5. The first-order valence-electron chi connectivity index (χ1n) is 7.40. The molecule has 2 aromatic carbocycles. The number of anilines is 1. The molecule has 126 valence electrons. The molecule has 2 N–H and O–H groups in total. The standard InChI is InChI=1S/C18H20N2O3S/c1-12-10-14(6-9-16(12)17(21)23-2)20-18(22)19-11-13-4-7-15(24-3)8-5-13/h4-10H,11H2,1-3H3,(H2,19,20,22). The van der Waals surface area contributed by atoms with Crippen molar-refractivity contribution >= 4 is 29.4 Å². The maximum atomic E-state index is 12.0. The van der Waals surface area contributed by atoms with E-state index in [-0.39, 0.29) is 6.03 Å². The SMILES string of the molecule is COC(=O)c1ccc(NC(=O)NCc2ccc(SC)cc2)cc1C. The average molecular weight is 344 g/mol. The third-order valence-corrected chi connectivity index (χ3v) is 4.25. The maximum absolute atomic E-state index is 12.0. The minimum Gasteiger partial charge on any atom is -0.465 e. The summed E-state index contributed by atoms with van der Waals surface area (Å²) < 4.78 is 4.70. The van der Waals surface area contributed by atoms with Crippen LogP contribution in [0.15, 0.2) is 47.4 Å². The third-order valence-electron chi connectivity index (χ3n) is 3.50. The lowest BCUT2D eigenvalue weighted by molar-refractivity contribution is 0.0600. The maximum Gasteiger partial charge on any atom is 0.338 e. The van der Waals surface area contributed by atoms with E-state index < -0.39 is 5.97 Å². The summed E-state index contributed by atoms with van der Waals surface area (Å²) in [6.07, 6.45) is 2.02. The first-order chi connectivity index (χ1) is 11.5. The van der Waals surface area contributed by atoms with E-state index in [4.69, 9.17) is 4.74 Å². The van der Waals surface area contributed by atoms with Gasteiger partial charge in [0.05, 0.1) is 12.7 Å². The highest BCUT2D eigenvalue weighted by Crippen LogP contribution is 2.16. The van der Waals surface area contributed by atoms with E-state index in [1.165, 1.54) is 12.0 Å². The fraction of sp³-hybridized carbons (Fsp3) is 0.222. The molecule has 0 heterocycles. The van der Waals surface area contributed by atoms with E-state index in [2.05, 4.69) is 10.6 Å². The Bertz CT molecular complexity index is 730. The van der Waals surface area contributed by atoms with Crippen molar-refractivity contribution in [3.8, 4) is 0 Å². The predicted molar refractivity (Wildman–Crippen MR) is 96.6 cm³/mol. The molecule has 6 heteroatoms. The molecule has 0 spiro atoms. The molecule has 2 aromatic rings. The minimum atomic E-state index is -0.391. The van der Waals surface area contributed by atoms with Gasteiger partial charge < -0.3 is 15.4 Å². The molecule has 0 fully saturated rings. The summed E-state index contributed by atoms with van der Waals surface area (Å²) in [7, 11) is 1.34. The Labute approximate surface area is 145 Å². The molecule has 0 saturated heterocycles. The predicted octanol–water partition coefficient (Wildman–Crippen LogP) is 3.83. The Kier molecular flexibility index (Phi) is 6.26. The largest absolute Gasteiger partial charge is 0.465 e. The second kappa shape index (κ2) is 8.40. The fourth-order valence-corrected chi connectivity index (χ4v) is 2.59. The van der Waals surface area contributed by atoms with Crippen LogP contribution in [0.3, 0.4) is 0 Å². The van der Waals surface area contributed by atoms with Gasteiger partial charge in [0.25, 0.3) is 0 Å². The summed E-state index contributed by atoms with van der Waals surface area (Å²) in [5.41, 5.74) is 2.88. The number of aryl methyl sites for hydroxylation is 1. The molecule has 0 saturated carbocycles. The second-order valence-corrected chi connectivity index (χ2v) is 6.06. The number of hydrogen-bond acceptors (Lipinski definition) is 4. The van der Waals surface area contributed by atoms with Crippen LogP contribution in [0.1, 0.15) is 21.5 Å². The number of carbonyl (C=O) groups is 2. The van der Waals surface area contributed by atoms with Gasteiger partial charge in [-0.2, -0.15) is 0 Å². The van der Waals surface area contributed by atoms with Crippen molar-refractivity contribution in [1.82, 2.24) is 5.32 Å². The molecule has 2 amide bonds. The zero-order valence-corrected chi connectivity index (χ0v) is 14.7. The number of ether oxygens (including phenoxy) is 1. The van der Waals surface area contributed by atoms with Crippen molar-refractivity contribution in [3.63, 3.8) is 0 Å². The summed E-state index contributed by atoms with van der Waals surface area (Å²) in [5.74, 6) is -0.391. The Morgan fingerprint density at radius 3 is 2.42 bits per heavy atom.